The van der Waals surface area contributed by atoms with Gasteiger partial charge in [0.05, 0.1) is 11.6 Å². The Morgan fingerprint density at radius 2 is 2.14 bits per heavy atom. The van der Waals surface area contributed by atoms with Crippen molar-refractivity contribution in [1.82, 2.24) is 0 Å². The van der Waals surface area contributed by atoms with Crippen molar-refractivity contribution >= 4 is 17.3 Å². The largest absolute Gasteiger partial charge is 0.385 e. The number of nitrogens with zero attached hydrogens (tertiary/aromatic N) is 1. The minimum Gasteiger partial charge on any atom is -0.385 e. The van der Waals surface area contributed by atoms with Gasteiger partial charge in [0, 0.05) is 23.5 Å². The SMILES string of the molecule is N#Cc1cccc(C(=O)Nc2ccc3c(c2)CCCN3)c1. The molecule has 104 valence electrons. The quantitative estimate of drug-likeness (QED) is 0.886. The molecule has 1 aliphatic rings. The van der Waals surface area contributed by atoms with Crippen LogP contribution in [0.3, 0.4) is 0 Å². The van der Waals surface area contributed by atoms with Crippen LogP contribution in [-0.2, 0) is 6.42 Å². The fraction of sp³-hybridized carbons (Fsp3) is 0.176. The Morgan fingerprint density at radius 1 is 1.24 bits per heavy atom. The molecule has 0 bridgehead atoms. The van der Waals surface area contributed by atoms with E-state index in [1.54, 1.807) is 24.3 Å². The molecule has 21 heavy (non-hydrogen) atoms. The van der Waals surface area contributed by atoms with E-state index in [0.29, 0.717) is 11.1 Å². The smallest absolute Gasteiger partial charge is 0.255 e. The molecule has 0 spiro atoms. The molecule has 1 amide bonds. The highest BCUT2D eigenvalue weighted by Crippen LogP contribution is 2.25. The van der Waals surface area contributed by atoms with E-state index in [1.807, 2.05) is 24.3 Å². The van der Waals surface area contributed by atoms with Gasteiger partial charge in [-0.1, -0.05) is 6.07 Å². The lowest BCUT2D eigenvalue weighted by Gasteiger charge is -2.18. The Balaban J connectivity index is 1.80. The van der Waals surface area contributed by atoms with Gasteiger partial charge < -0.3 is 10.6 Å². The molecule has 4 heteroatoms. The van der Waals surface area contributed by atoms with Gasteiger partial charge in [-0.05, 0) is 54.8 Å². The number of nitriles is 1. The van der Waals surface area contributed by atoms with E-state index in [1.165, 1.54) is 5.56 Å². The molecule has 0 saturated carbocycles. The van der Waals surface area contributed by atoms with E-state index < -0.39 is 0 Å². The van der Waals surface area contributed by atoms with Crippen molar-refractivity contribution in [2.75, 3.05) is 17.2 Å². The second kappa shape index (κ2) is 5.68. The third-order valence-corrected chi connectivity index (χ3v) is 3.56. The van der Waals surface area contributed by atoms with Crippen molar-refractivity contribution < 1.29 is 4.79 Å². The normalized spacial score (nSPS) is 12.7. The van der Waals surface area contributed by atoms with E-state index in [4.69, 9.17) is 5.26 Å². The lowest BCUT2D eigenvalue weighted by Crippen LogP contribution is -2.14. The molecule has 0 atom stereocenters. The molecule has 4 nitrogen and oxygen atoms in total. The highest BCUT2D eigenvalue weighted by atomic mass is 16.1. The molecule has 1 heterocycles. The highest BCUT2D eigenvalue weighted by Gasteiger charge is 2.11. The summed E-state index contributed by atoms with van der Waals surface area (Å²) in [5, 5.41) is 15.1. The molecule has 0 aliphatic carbocycles. The summed E-state index contributed by atoms with van der Waals surface area (Å²) in [5.74, 6) is -0.198. The summed E-state index contributed by atoms with van der Waals surface area (Å²) in [7, 11) is 0. The number of carbonyl (C=O) groups excluding carboxylic acids is 1. The van der Waals surface area contributed by atoms with E-state index in [9.17, 15) is 4.79 Å². The molecule has 0 unspecified atom stereocenters. The van der Waals surface area contributed by atoms with Gasteiger partial charge in [0.2, 0.25) is 0 Å². The zero-order chi connectivity index (χ0) is 14.7. The average Bonchev–Trinajstić information content (AvgIpc) is 2.54. The molecule has 0 radical (unpaired) electrons. The van der Waals surface area contributed by atoms with Crippen LogP contribution in [0.25, 0.3) is 0 Å². The molecule has 0 saturated heterocycles. The number of nitrogens with one attached hydrogen (secondary N) is 2. The number of anilines is 2. The number of carbonyl (C=O) groups is 1. The van der Waals surface area contributed by atoms with Crippen LogP contribution in [0, 0.1) is 11.3 Å². The van der Waals surface area contributed by atoms with Crippen molar-refractivity contribution in [2.45, 2.75) is 12.8 Å². The van der Waals surface area contributed by atoms with E-state index >= 15 is 0 Å². The Bertz CT molecular complexity index is 731. The van der Waals surface area contributed by atoms with Crippen LogP contribution >= 0.6 is 0 Å². The lowest BCUT2D eigenvalue weighted by molar-refractivity contribution is 0.102. The van der Waals surface area contributed by atoms with Crippen molar-refractivity contribution in [3.8, 4) is 6.07 Å². The Labute approximate surface area is 123 Å². The van der Waals surface area contributed by atoms with Crippen LogP contribution in [0.2, 0.25) is 0 Å². The first-order valence-electron chi connectivity index (χ1n) is 6.94. The molecule has 0 aromatic heterocycles. The Kier molecular flexibility index (Phi) is 3.57. The average molecular weight is 277 g/mol. The van der Waals surface area contributed by atoms with Crippen LogP contribution in [0.1, 0.15) is 27.9 Å². The van der Waals surface area contributed by atoms with Crippen molar-refractivity contribution in [1.29, 1.82) is 5.26 Å². The van der Waals surface area contributed by atoms with Crippen LogP contribution in [-0.4, -0.2) is 12.5 Å². The highest BCUT2D eigenvalue weighted by molar-refractivity contribution is 6.04. The number of amides is 1. The number of hydrogen-bond donors (Lipinski definition) is 2. The van der Waals surface area contributed by atoms with E-state index in [-0.39, 0.29) is 5.91 Å². The topological polar surface area (TPSA) is 64.9 Å². The van der Waals surface area contributed by atoms with Gasteiger partial charge in [-0.2, -0.15) is 5.26 Å². The molecule has 2 N–H and O–H groups in total. The number of aryl methyl sites for hydroxylation is 1. The summed E-state index contributed by atoms with van der Waals surface area (Å²) in [6, 6.07) is 14.6. The number of fused-ring (bicyclic) bond motifs is 1. The molecule has 0 fully saturated rings. The first-order chi connectivity index (χ1) is 10.3. The lowest BCUT2D eigenvalue weighted by atomic mass is 10.0. The summed E-state index contributed by atoms with van der Waals surface area (Å²) >= 11 is 0. The Morgan fingerprint density at radius 3 is 3.00 bits per heavy atom. The minimum atomic E-state index is -0.198. The molecule has 2 aromatic rings. The zero-order valence-corrected chi connectivity index (χ0v) is 11.5. The monoisotopic (exact) mass is 277 g/mol. The van der Waals surface area contributed by atoms with Crippen LogP contribution in [0.4, 0.5) is 11.4 Å². The van der Waals surface area contributed by atoms with E-state index in [0.717, 1.165) is 30.8 Å². The number of benzene rings is 2. The summed E-state index contributed by atoms with van der Waals surface area (Å²) in [5.41, 5.74) is 4.13. The maximum absolute atomic E-state index is 12.2. The van der Waals surface area contributed by atoms with Crippen LogP contribution < -0.4 is 10.6 Å². The van der Waals surface area contributed by atoms with Crippen molar-refractivity contribution in [2.24, 2.45) is 0 Å². The van der Waals surface area contributed by atoms with Crippen molar-refractivity contribution in [3.05, 3.63) is 59.2 Å². The summed E-state index contributed by atoms with van der Waals surface area (Å²) < 4.78 is 0. The predicted octanol–water partition coefficient (Wildman–Crippen LogP) is 3.17. The summed E-state index contributed by atoms with van der Waals surface area (Å²) in [6.45, 7) is 1.000. The second-order valence-electron chi connectivity index (χ2n) is 5.05. The minimum absolute atomic E-state index is 0.198. The second-order valence-corrected chi connectivity index (χ2v) is 5.05. The first-order valence-corrected chi connectivity index (χ1v) is 6.94. The first kappa shape index (κ1) is 13.2. The fourth-order valence-corrected chi connectivity index (χ4v) is 2.49. The maximum atomic E-state index is 12.2. The third-order valence-electron chi connectivity index (χ3n) is 3.56. The summed E-state index contributed by atoms with van der Waals surface area (Å²) in [4.78, 5) is 12.2. The van der Waals surface area contributed by atoms with Gasteiger partial charge in [-0.15, -0.1) is 0 Å². The van der Waals surface area contributed by atoms with Gasteiger partial charge in [0.15, 0.2) is 0 Å². The number of hydrogen-bond acceptors (Lipinski definition) is 3. The van der Waals surface area contributed by atoms with Crippen LogP contribution in [0.5, 0.6) is 0 Å². The predicted molar refractivity (Wildman–Crippen MR) is 82.4 cm³/mol. The molecule has 1 aliphatic heterocycles. The molecule has 2 aromatic carbocycles. The van der Waals surface area contributed by atoms with Gasteiger partial charge in [0.25, 0.3) is 5.91 Å². The van der Waals surface area contributed by atoms with E-state index in [2.05, 4.69) is 10.6 Å². The van der Waals surface area contributed by atoms with Gasteiger partial charge in [-0.3, -0.25) is 4.79 Å². The molecule has 3 rings (SSSR count). The fourth-order valence-electron chi connectivity index (χ4n) is 2.49. The maximum Gasteiger partial charge on any atom is 0.255 e. The molecular weight excluding hydrogens is 262 g/mol. The summed E-state index contributed by atoms with van der Waals surface area (Å²) in [6.07, 6.45) is 2.13. The van der Waals surface area contributed by atoms with Gasteiger partial charge in [-0.25, -0.2) is 0 Å². The standard InChI is InChI=1S/C17H15N3O/c18-11-12-3-1-4-14(9-12)17(21)20-15-6-7-16-13(10-15)5-2-8-19-16/h1,3-4,6-7,9-10,19H,2,5,8H2,(H,20,21). The van der Waals surface area contributed by atoms with Gasteiger partial charge in [0.1, 0.15) is 0 Å². The molecular formula is C17H15N3O. The van der Waals surface area contributed by atoms with Crippen LogP contribution in [0.15, 0.2) is 42.5 Å². The van der Waals surface area contributed by atoms with Gasteiger partial charge >= 0.3 is 0 Å². The Hall–Kier alpha value is -2.80. The van der Waals surface area contributed by atoms with Crippen molar-refractivity contribution in [3.63, 3.8) is 0 Å². The third kappa shape index (κ3) is 2.87. The number of rotatable bonds is 2. The zero-order valence-electron chi connectivity index (χ0n) is 11.5.